The zero-order valence-corrected chi connectivity index (χ0v) is 14.0. The zero-order chi connectivity index (χ0) is 15.2. The summed E-state index contributed by atoms with van der Waals surface area (Å²) in [5.74, 6) is -0.200. The van der Waals surface area contributed by atoms with Crippen LogP contribution in [0.4, 0.5) is 10.1 Å². The molecule has 1 aromatic heterocycles. The van der Waals surface area contributed by atoms with Crippen molar-refractivity contribution in [2.75, 3.05) is 5.32 Å². The summed E-state index contributed by atoms with van der Waals surface area (Å²) in [6.07, 6.45) is 3.27. The highest BCUT2D eigenvalue weighted by Gasteiger charge is 2.12. The van der Waals surface area contributed by atoms with Gasteiger partial charge >= 0.3 is 0 Å². The Morgan fingerprint density at radius 1 is 1.19 bits per heavy atom. The quantitative estimate of drug-likeness (QED) is 0.682. The highest BCUT2D eigenvalue weighted by atomic mass is 79.9. The van der Waals surface area contributed by atoms with Crippen molar-refractivity contribution in [2.24, 2.45) is 0 Å². The standard InChI is InChI=1S/C17H20BrFN2/c1-3-4-5-16(13-6-8-14(19)9-7-13)21-15-10-11-17(18)20-12(15)2/h6-11,16,21H,3-5H2,1-2H3. The van der Waals surface area contributed by atoms with Crippen molar-refractivity contribution in [3.63, 3.8) is 0 Å². The minimum atomic E-state index is -0.200. The number of hydrogen-bond acceptors (Lipinski definition) is 2. The lowest BCUT2D eigenvalue weighted by Gasteiger charge is -2.21. The van der Waals surface area contributed by atoms with Gasteiger partial charge in [-0.1, -0.05) is 31.9 Å². The van der Waals surface area contributed by atoms with Gasteiger partial charge in [-0.15, -0.1) is 0 Å². The van der Waals surface area contributed by atoms with Gasteiger partial charge in [0.15, 0.2) is 0 Å². The molecule has 4 heteroatoms. The molecule has 0 fully saturated rings. The molecule has 0 aliphatic rings. The average Bonchev–Trinajstić information content (AvgIpc) is 2.46. The summed E-state index contributed by atoms with van der Waals surface area (Å²) < 4.78 is 13.9. The molecule has 0 bridgehead atoms. The van der Waals surface area contributed by atoms with E-state index in [1.807, 2.05) is 31.2 Å². The molecule has 112 valence electrons. The predicted octanol–water partition coefficient (Wildman–Crippen LogP) is 5.64. The first-order valence-corrected chi connectivity index (χ1v) is 8.04. The summed E-state index contributed by atoms with van der Waals surface area (Å²) in [6.45, 7) is 4.16. The van der Waals surface area contributed by atoms with Crippen LogP contribution in [-0.2, 0) is 0 Å². The monoisotopic (exact) mass is 350 g/mol. The maximum atomic E-state index is 13.1. The topological polar surface area (TPSA) is 24.9 Å². The lowest BCUT2D eigenvalue weighted by Crippen LogP contribution is -2.12. The van der Waals surface area contributed by atoms with Crippen molar-refractivity contribution < 1.29 is 4.39 Å². The van der Waals surface area contributed by atoms with Crippen LogP contribution in [0.15, 0.2) is 41.0 Å². The molecule has 0 saturated heterocycles. The summed E-state index contributed by atoms with van der Waals surface area (Å²) in [4.78, 5) is 4.41. The molecule has 1 unspecified atom stereocenters. The van der Waals surface area contributed by atoms with Crippen molar-refractivity contribution in [2.45, 2.75) is 39.2 Å². The number of benzene rings is 1. The number of hydrogen-bond donors (Lipinski definition) is 1. The zero-order valence-electron chi connectivity index (χ0n) is 12.4. The van der Waals surface area contributed by atoms with Gasteiger partial charge in [-0.3, -0.25) is 0 Å². The fourth-order valence-electron chi connectivity index (χ4n) is 2.30. The van der Waals surface area contributed by atoms with E-state index in [4.69, 9.17) is 0 Å². The maximum Gasteiger partial charge on any atom is 0.123 e. The van der Waals surface area contributed by atoms with E-state index in [1.54, 1.807) is 0 Å². The van der Waals surface area contributed by atoms with E-state index >= 15 is 0 Å². The number of rotatable bonds is 6. The van der Waals surface area contributed by atoms with Gasteiger partial charge in [0.25, 0.3) is 0 Å². The number of pyridine rings is 1. The molecule has 0 aliphatic heterocycles. The molecule has 0 aliphatic carbocycles. The molecule has 0 amide bonds. The Morgan fingerprint density at radius 3 is 2.52 bits per heavy atom. The Hall–Kier alpha value is -1.42. The van der Waals surface area contributed by atoms with Gasteiger partial charge in [-0.2, -0.15) is 0 Å². The van der Waals surface area contributed by atoms with E-state index in [2.05, 4.69) is 33.2 Å². The van der Waals surface area contributed by atoms with E-state index < -0.39 is 0 Å². The van der Waals surface area contributed by atoms with Crippen molar-refractivity contribution >= 4 is 21.6 Å². The van der Waals surface area contributed by atoms with Crippen LogP contribution in [0.1, 0.15) is 43.5 Å². The molecule has 1 aromatic carbocycles. The largest absolute Gasteiger partial charge is 0.377 e. The highest BCUT2D eigenvalue weighted by molar-refractivity contribution is 9.10. The van der Waals surface area contributed by atoms with Crippen LogP contribution in [0.25, 0.3) is 0 Å². The molecule has 2 rings (SSSR count). The van der Waals surface area contributed by atoms with Gasteiger partial charge in [0.05, 0.1) is 17.4 Å². The van der Waals surface area contributed by atoms with Crippen molar-refractivity contribution in [3.8, 4) is 0 Å². The van der Waals surface area contributed by atoms with Crippen LogP contribution >= 0.6 is 15.9 Å². The third kappa shape index (κ3) is 4.53. The Kier molecular flexibility index (Phi) is 5.74. The van der Waals surface area contributed by atoms with E-state index in [-0.39, 0.29) is 11.9 Å². The molecule has 1 N–H and O–H groups in total. The number of nitrogens with zero attached hydrogens (tertiary/aromatic N) is 1. The molecule has 1 atom stereocenters. The second-order valence-corrected chi connectivity index (χ2v) is 5.97. The van der Waals surface area contributed by atoms with E-state index in [0.29, 0.717) is 0 Å². The Balaban J connectivity index is 2.21. The molecule has 21 heavy (non-hydrogen) atoms. The highest BCUT2D eigenvalue weighted by Crippen LogP contribution is 2.27. The number of anilines is 1. The van der Waals surface area contributed by atoms with E-state index in [9.17, 15) is 4.39 Å². The Morgan fingerprint density at radius 2 is 1.90 bits per heavy atom. The minimum Gasteiger partial charge on any atom is -0.377 e. The SMILES string of the molecule is CCCCC(Nc1ccc(Br)nc1C)c1ccc(F)cc1. The second-order valence-electron chi connectivity index (χ2n) is 5.16. The smallest absolute Gasteiger partial charge is 0.123 e. The summed E-state index contributed by atoms with van der Waals surface area (Å²) in [5.41, 5.74) is 3.07. The van der Waals surface area contributed by atoms with Crippen molar-refractivity contribution in [3.05, 3.63) is 58.1 Å². The first-order chi connectivity index (χ1) is 10.1. The maximum absolute atomic E-state index is 13.1. The van der Waals surface area contributed by atoms with Crippen LogP contribution in [0, 0.1) is 12.7 Å². The third-order valence-electron chi connectivity index (χ3n) is 3.50. The van der Waals surface area contributed by atoms with Crippen LogP contribution in [0.3, 0.4) is 0 Å². The van der Waals surface area contributed by atoms with Gasteiger partial charge in [-0.05, 0) is 59.1 Å². The van der Waals surface area contributed by atoms with Crippen LogP contribution < -0.4 is 5.32 Å². The summed E-state index contributed by atoms with van der Waals surface area (Å²) in [7, 11) is 0. The molecule has 2 aromatic rings. The van der Waals surface area contributed by atoms with E-state index in [0.717, 1.165) is 40.8 Å². The summed E-state index contributed by atoms with van der Waals surface area (Å²) >= 11 is 3.38. The van der Waals surface area contributed by atoms with Crippen LogP contribution in [-0.4, -0.2) is 4.98 Å². The van der Waals surface area contributed by atoms with E-state index in [1.165, 1.54) is 12.1 Å². The number of halogens is 2. The molecule has 1 heterocycles. The van der Waals surface area contributed by atoms with Gasteiger partial charge in [0, 0.05) is 0 Å². The average molecular weight is 351 g/mol. The normalized spacial score (nSPS) is 12.2. The molecule has 0 radical (unpaired) electrons. The second kappa shape index (κ2) is 7.55. The van der Waals surface area contributed by atoms with Crippen molar-refractivity contribution in [1.82, 2.24) is 4.98 Å². The first-order valence-electron chi connectivity index (χ1n) is 7.25. The lowest BCUT2D eigenvalue weighted by molar-refractivity contribution is 0.616. The molecular weight excluding hydrogens is 331 g/mol. The van der Waals surface area contributed by atoms with Crippen LogP contribution in [0.5, 0.6) is 0 Å². The summed E-state index contributed by atoms with van der Waals surface area (Å²) in [5, 5.41) is 3.54. The third-order valence-corrected chi connectivity index (χ3v) is 3.94. The first kappa shape index (κ1) is 16.0. The fraction of sp³-hybridized carbons (Fsp3) is 0.353. The number of nitrogens with one attached hydrogen (secondary N) is 1. The fourth-order valence-corrected chi connectivity index (χ4v) is 2.69. The molecule has 2 nitrogen and oxygen atoms in total. The minimum absolute atomic E-state index is 0.173. The Bertz CT molecular complexity index is 584. The van der Waals surface area contributed by atoms with Gasteiger partial charge < -0.3 is 5.32 Å². The molecular formula is C17H20BrFN2. The van der Waals surface area contributed by atoms with Gasteiger partial charge in [-0.25, -0.2) is 9.37 Å². The van der Waals surface area contributed by atoms with Gasteiger partial charge in [0.2, 0.25) is 0 Å². The summed E-state index contributed by atoms with van der Waals surface area (Å²) in [6, 6.07) is 10.9. The lowest BCUT2D eigenvalue weighted by atomic mass is 10.0. The van der Waals surface area contributed by atoms with Gasteiger partial charge in [0.1, 0.15) is 10.4 Å². The van der Waals surface area contributed by atoms with Crippen LogP contribution in [0.2, 0.25) is 0 Å². The van der Waals surface area contributed by atoms with Crippen molar-refractivity contribution in [1.29, 1.82) is 0 Å². The number of aromatic nitrogens is 1. The molecule has 0 saturated carbocycles. The predicted molar refractivity (Wildman–Crippen MR) is 89.0 cm³/mol. The number of unbranched alkanes of at least 4 members (excludes halogenated alkanes) is 1. The molecule has 0 spiro atoms. The Labute approximate surface area is 133 Å². The number of aryl methyl sites for hydroxylation is 1.